The molecule has 0 aliphatic heterocycles. The number of Topliss-reactive ketones (excluding diaryl/α,β-unsaturated/α-hetero) is 1. The molecule has 0 heterocycles. The highest BCUT2D eigenvalue weighted by Crippen LogP contribution is 2.61. The smallest absolute Gasteiger partial charge is 0.163 e. The summed E-state index contributed by atoms with van der Waals surface area (Å²) in [6.45, 7) is 4.27. The Morgan fingerprint density at radius 3 is 1.85 bits per heavy atom. The Balaban J connectivity index is 2.35. The van der Waals surface area contributed by atoms with E-state index in [0.29, 0.717) is 12.0 Å². The van der Waals surface area contributed by atoms with E-state index in [4.69, 9.17) is 0 Å². The highest BCUT2D eigenvalue weighted by Gasteiger charge is 2.34. The summed E-state index contributed by atoms with van der Waals surface area (Å²) >= 11 is 0. The molecule has 26 heavy (non-hydrogen) atoms. The van der Waals surface area contributed by atoms with E-state index in [9.17, 15) is 9.36 Å². The second-order valence-electron chi connectivity index (χ2n) is 7.03. The molecule has 0 aliphatic rings. The van der Waals surface area contributed by atoms with Gasteiger partial charge >= 0.3 is 0 Å². The van der Waals surface area contributed by atoms with Crippen molar-refractivity contribution >= 4 is 12.9 Å². The second kappa shape index (κ2) is 10.5. The normalized spacial score (nSPS) is 12.7. The number of carbonyl (C=O) groups excluding carboxylic acids is 1. The van der Waals surface area contributed by atoms with Gasteiger partial charge in [0.25, 0.3) is 0 Å². The number of carbonyl (C=O) groups is 1. The van der Waals surface area contributed by atoms with Gasteiger partial charge in [0, 0.05) is 30.0 Å². The first-order chi connectivity index (χ1) is 12.6. The van der Waals surface area contributed by atoms with Crippen molar-refractivity contribution in [3.63, 3.8) is 0 Å². The average Bonchev–Trinajstić information content (AvgIpc) is 2.70. The van der Waals surface area contributed by atoms with Crippen LogP contribution in [0.1, 0.15) is 67.5 Å². The summed E-state index contributed by atoms with van der Waals surface area (Å²) in [5, 5.41) is 0. The van der Waals surface area contributed by atoms with Crippen molar-refractivity contribution in [3.05, 3.63) is 71.8 Å². The quantitative estimate of drug-likeness (QED) is 0.316. The molecule has 0 fully saturated rings. The Morgan fingerprint density at radius 2 is 1.35 bits per heavy atom. The zero-order chi connectivity index (χ0) is 18.8. The van der Waals surface area contributed by atoms with Crippen LogP contribution in [0, 0.1) is 0 Å². The van der Waals surface area contributed by atoms with Crippen LogP contribution in [0.25, 0.3) is 0 Å². The van der Waals surface area contributed by atoms with Crippen LogP contribution in [-0.4, -0.2) is 18.1 Å². The number of rotatable bonds is 11. The van der Waals surface area contributed by atoms with Gasteiger partial charge < -0.3 is 4.57 Å². The number of benzene rings is 2. The van der Waals surface area contributed by atoms with Gasteiger partial charge in [-0.15, -0.1) is 0 Å². The van der Waals surface area contributed by atoms with Crippen LogP contribution < -0.4 is 0 Å². The molecular formula is C23H31O2P. The van der Waals surface area contributed by atoms with E-state index in [0.717, 1.165) is 43.6 Å². The number of hydrogen-bond donors (Lipinski definition) is 0. The molecule has 0 N–H and O–H groups in total. The maximum atomic E-state index is 14.0. The average molecular weight is 370 g/mol. The minimum atomic E-state index is -2.48. The van der Waals surface area contributed by atoms with E-state index in [1.54, 1.807) is 0 Å². The van der Waals surface area contributed by atoms with E-state index in [1.807, 2.05) is 60.7 Å². The summed E-state index contributed by atoms with van der Waals surface area (Å²) in [5.41, 5.74) is 1.59. The van der Waals surface area contributed by atoms with Gasteiger partial charge in [0.2, 0.25) is 0 Å². The molecule has 2 aromatic rings. The molecule has 2 nitrogen and oxygen atoms in total. The number of unbranched alkanes of at least 4 members (excludes halogenated alkanes) is 2. The molecule has 2 aromatic carbocycles. The van der Waals surface area contributed by atoms with Gasteiger partial charge in [-0.25, -0.2) is 0 Å². The van der Waals surface area contributed by atoms with E-state index in [-0.39, 0.29) is 11.4 Å². The minimum absolute atomic E-state index is 0.0904. The van der Waals surface area contributed by atoms with E-state index >= 15 is 0 Å². The Labute approximate surface area is 158 Å². The van der Waals surface area contributed by atoms with Gasteiger partial charge in [0.05, 0.1) is 7.14 Å². The summed E-state index contributed by atoms with van der Waals surface area (Å²) in [4.78, 5) is 12.9. The predicted molar refractivity (Wildman–Crippen MR) is 112 cm³/mol. The van der Waals surface area contributed by atoms with E-state index in [1.165, 1.54) is 0 Å². The molecule has 0 unspecified atom stereocenters. The molecule has 3 heteroatoms. The third kappa shape index (κ3) is 5.68. The summed E-state index contributed by atoms with van der Waals surface area (Å²) in [7, 11) is -2.48. The first kappa shape index (κ1) is 20.6. The minimum Gasteiger partial charge on any atom is -0.323 e. The summed E-state index contributed by atoms with van der Waals surface area (Å²) in [6, 6.07) is 19.4. The monoisotopic (exact) mass is 370 g/mol. The molecule has 0 amide bonds. The third-order valence-corrected chi connectivity index (χ3v) is 8.77. The van der Waals surface area contributed by atoms with Crippen LogP contribution in [0.15, 0.2) is 60.7 Å². The van der Waals surface area contributed by atoms with Crippen LogP contribution in [0.4, 0.5) is 0 Å². The lowest BCUT2D eigenvalue weighted by Crippen LogP contribution is -2.12. The molecule has 0 saturated carbocycles. The molecule has 0 saturated heterocycles. The van der Waals surface area contributed by atoms with Crippen molar-refractivity contribution in [1.82, 2.24) is 0 Å². The molecule has 0 aliphatic carbocycles. The topological polar surface area (TPSA) is 34.1 Å². The molecule has 2 rings (SSSR count). The molecule has 1 atom stereocenters. The van der Waals surface area contributed by atoms with Crippen molar-refractivity contribution in [2.75, 3.05) is 12.3 Å². The molecule has 0 radical (unpaired) electrons. The van der Waals surface area contributed by atoms with Crippen molar-refractivity contribution in [3.8, 4) is 0 Å². The fourth-order valence-corrected chi connectivity index (χ4v) is 7.19. The lowest BCUT2D eigenvalue weighted by molar-refractivity contribution is 0.0980. The molecule has 0 bridgehead atoms. The summed E-state index contributed by atoms with van der Waals surface area (Å²) < 4.78 is 14.0. The first-order valence-electron chi connectivity index (χ1n) is 9.81. The van der Waals surface area contributed by atoms with E-state index < -0.39 is 7.14 Å². The van der Waals surface area contributed by atoms with Gasteiger partial charge in [-0.2, -0.15) is 0 Å². The van der Waals surface area contributed by atoms with E-state index in [2.05, 4.69) is 13.8 Å². The van der Waals surface area contributed by atoms with Crippen LogP contribution >= 0.6 is 7.14 Å². The van der Waals surface area contributed by atoms with Crippen molar-refractivity contribution in [1.29, 1.82) is 0 Å². The first-order valence-corrected chi connectivity index (χ1v) is 12.0. The number of ketones is 1. The lowest BCUT2D eigenvalue weighted by Gasteiger charge is -2.28. The lowest BCUT2D eigenvalue weighted by atomic mass is 10.0. The van der Waals surface area contributed by atoms with Crippen molar-refractivity contribution in [2.24, 2.45) is 0 Å². The predicted octanol–water partition coefficient (Wildman–Crippen LogP) is 6.96. The summed E-state index contributed by atoms with van der Waals surface area (Å²) in [6.07, 6.45) is 5.80. The van der Waals surface area contributed by atoms with Crippen LogP contribution in [0.5, 0.6) is 0 Å². The zero-order valence-electron chi connectivity index (χ0n) is 16.1. The number of hydrogen-bond acceptors (Lipinski definition) is 2. The van der Waals surface area contributed by atoms with Crippen LogP contribution in [0.2, 0.25) is 0 Å². The van der Waals surface area contributed by atoms with Gasteiger partial charge in [0.1, 0.15) is 0 Å². The maximum Gasteiger partial charge on any atom is 0.163 e. The fourth-order valence-electron chi connectivity index (χ4n) is 3.42. The summed E-state index contributed by atoms with van der Waals surface area (Å²) in [5.74, 6) is 0.0904. The fraction of sp³-hybridized carbons (Fsp3) is 0.435. The highest BCUT2D eigenvalue weighted by atomic mass is 31.2. The van der Waals surface area contributed by atoms with Gasteiger partial charge in [0.15, 0.2) is 5.78 Å². The SMILES string of the molecule is CCCCP(=O)(CCCC)[C@@H](CC(=O)c1ccccc1)c1ccccc1. The van der Waals surface area contributed by atoms with Gasteiger partial charge in [-0.3, -0.25) is 4.79 Å². The Kier molecular flexibility index (Phi) is 8.32. The van der Waals surface area contributed by atoms with Crippen LogP contribution in [-0.2, 0) is 4.57 Å². The standard InChI is InChI=1S/C23H31O2P/c1-3-5-17-26(25,18-6-4-2)23(21-15-11-8-12-16-21)19-22(24)20-13-9-7-10-14-20/h7-16,23H,3-6,17-19H2,1-2H3/t23-/m0/s1. The van der Waals surface area contributed by atoms with Crippen molar-refractivity contribution < 1.29 is 9.36 Å². The van der Waals surface area contributed by atoms with Crippen LogP contribution in [0.3, 0.4) is 0 Å². The Hall–Kier alpha value is -1.66. The van der Waals surface area contributed by atoms with Crippen molar-refractivity contribution in [2.45, 2.75) is 51.6 Å². The zero-order valence-corrected chi connectivity index (χ0v) is 17.0. The third-order valence-electron chi connectivity index (χ3n) is 5.01. The molecular weight excluding hydrogens is 339 g/mol. The largest absolute Gasteiger partial charge is 0.323 e. The molecule has 140 valence electrons. The maximum absolute atomic E-state index is 14.0. The van der Waals surface area contributed by atoms with Gasteiger partial charge in [-0.1, -0.05) is 87.4 Å². The Bertz CT molecular complexity index is 698. The molecule has 0 spiro atoms. The second-order valence-corrected chi connectivity index (χ2v) is 10.4. The highest BCUT2D eigenvalue weighted by molar-refractivity contribution is 7.64. The molecule has 0 aromatic heterocycles. The Morgan fingerprint density at radius 1 is 0.846 bits per heavy atom. The van der Waals surface area contributed by atoms with Gasteiger partial charge in [-0.05, 0) is 18.4 Å².